The van der Waals surface area contributed by atoms with Crippen LogP contribution in [0.5, 0.6) is 0 Å². The molecule has 3 heteroatoms. The van der Waals surface area contributed by atoms with Gasteiger partial charge in [-0.2, -0.15) is 0 Å². The van der Waals surface area contributed by atoms with Gasteiger partial charge < -0.3 is 0 Å². The van der Waals surface area contributed by atoms with E-state index in [0.717, 1.165) is 31.0 Å². The molecule has 0 saturated carbocycles. The normalized spacial score (nSPS) is 17.2. The summed E-state index contributed by atoms with van der Waals surface area (Å²) < 4.78 is 0. The van der Waals surface area contributed by atoms with E-state index in [2.05, 4.69) is 47.0 Å². The third-order valence-corrected chi connectivity index (χ3v) is 4.34. The number of aryl methyl sites for hydroxylation is 1. The summed E-state index contributed by atoms with van der Waals surface area (Å²) in [5.74, 6) is 0. The number of hydrogen-bond acceptors (Lipinski definition) is 2. The molecule has 0 amide bonds. The fourth-order valence-corrected chi connectivity index (χ4v) is 3.12. The zero-order chi connectivity index (χ0) is 13.8. The first-order valence-corrected chi connectivity index (χ1v) is 7.47. The van der Waals surface area contributed by atoms with Crippen LogP contribution in [0, 0.1) is 0 Å². The molecule has 1 saturated heterocycles. The predicted molar refractivity (Wildman–Crippen MR) is 83.9 cm³/mol. The minimum absolute atomic E-state index is 0.125. The molecule has 0 spiro atoms. The molecule has 1 aliphatic rings. The van der Waals surface area contributed by atoms with Crippen molar-refractivity contribution in [1.82, 2.24) is 10.6 Å². The van der Waals surface area contributed by atoms with E-state index < -0.39 is 0 Å². The molecule has 0 radical (unpaired) electrons. The van der Waals surface area contributed by atoms with Crippen LogP contribution in [0.15, 0.2) is 54.6 Å². The van der Waals surface area contributed by atoms with Gasteiger partial charge in [-0.05, 0) is 30.0 Å². The maximum atomic E-state index is 6.26. The number of rotatable bonds is 4. The van der Waals surface area contributed by atoms with Crippen LogP contribution in [-0.4, -0.2) is 13.1 Å². The van der Waals surface area contributed by atoms with Crippen molar-refractivity contribution in [2.75, 3.05) is 13.1 Å². The SMILES string of the molecule is Clc1ccccc1CCC1(c2ccccc2)NCCN1. The molecule has 0 unspecified atom stereocenters. The smallest absolute Gasteiger partial charge is 0.0954 e. The van der Waals surface area contributed by atoms with Crippen LogP contribution in [0.25, 0.3) is 0 Å². The monoisotopic (exact) mass is 286 g/mol. The minimum atomic E-state index is -0.125. The van der Waals surface area contributed by atoms with E-state index in [1.54, 1.807) is 0 Å². The highest BCUT2D eigenvalue weighted by molar-refractivity contribution is 6.31. The van der Waals surface area contributed by atoms with E-state index >= 15 is 0 Å². The first-order chi connectivity index (χ1) is 9.80. The van der Waals surface area contributed by atoms with Crippen molar-refractivity contribution in [2.24, 2.45) is 0 Å². The first-order valence-electron chi connectivity index (χ1n) is 7.09. The summed E-state index contributed by atoms with van der Waals surface area (Å²) in [6.45, 7) is 1.99. The number of nitrogens with one attached hydrogen (secondary N) is 2. The molecular weight excluding hydrogens is 268 g/mol. The molecule has 104 valence electrons. The van der Waals surface area contributed by atoms with Gasteiger partial charge in [0.05, 0.1) is 5.66 Å². The van der Waals surface area contributed by atoms with E-state index in [9.17, 15) is 0 Å². The summed E-state index contributed by atoms with van der Waals surface area (Å²) in [5, 5.41) is 8.10. The summed E-state index contributed by atoms with van der Waals surface area (Å²) in [5.41, 5.74) is 2.38. The Morgan fingerprint density at radius 2 is 1.55 bits per heavy atom. The van der Waals surface area contributed by atoms with Crippen molar-refractivity contribution in [3.05, 3.63) is 70.7 Å². The van der Waals surface area contributed by atoms with Crippen LogP contribution in [0.4, 0.5) is 0 Å². The maximum Gasteiger partial charge on any atom is 0.0954 e. The Hall–Kier alpha value is -1.35. The van der Waals surface area contributed by atoms with Gasteiger partial charge in [-0.1, -0.05) is 60.1 Å². The molecule has 2 nitrogen and oxygen atoms in total. The van der Waals surface area contributed by atoms with Crippen molar-refractivity contribution in [3.63, 3.8) is 0 Å². The van der Waals surface area contributed by atoms with Crippen molar-refractivity contribution in [1.29, 1.82) is 0 Å². The lowest BCUT2D eigenvalue weighted by Crippen LogP contribution is -2.46. The highest BCUT2D eigenvalue weighted by Gasteiger charge is 2.34. The minimum Gasteiger partial charge on any atom is -0.294 e. The van der Waals surface area contributed by atoms with Crippen molar-refractivity contribution < 1.29 is 0 Å². The van der Waals surface area contributed by atoms with Crippen LogP contribution in [-0.2, 0) is 12.1 Å². The van der Waals surface area contributed by atoms with E-state index in [1.165, 1.54) is 11.1 Å². The summed E-state index contributed by atoms with van der Waals surface area (Å²) in [7, 11) is 0. The topological polar surface area (TPSA) is 24.1 Å². The molecule has 0 bridgehead atoms. The molecule has 0 atom stereocenters. The molecule has 1 fully saturated rings. The van der Waals surface area contributed by atoms with Gasteiger partial charge in [-0.15, -0.1) is 0 Å². The molecular formula is C17H19ClN2. The Morgan fingerprint density at radius 1 is 0.900 bits per heavy atom. The lowest BCUT2D eigenvalue weighted by molar-refractivity contribution is 0.318. The average molecular weight is 287 g/mol. The molecule has 2 aromatic carbocycles. The van der Waals surface area contributed by atoms with E-state index in [-0.39, 0.29) is 5.66 Å². The van der Waals surface area contributed by atoms with Crippen molar-refractivity contribution in [3.8, 4) is 0 Å². The largest absolute Gasteiger partial charge is 0.294 e. The van der Waals surface area contributed by atoms with Gasteiger partial charge in [0, 0.05) is 18.1 Å². The second-order valence-electron chi connectivity index (χ2n) is 5.22. The summed E-state index contributed by atoms with van der Waals surface area (Å²) >= 11 is 6.26. The van der Waals surface area contributed by atoms with Gasteiger partial charge in [-0.3, -0.25) is 10.6 Å². The van der Waals surface area contributed by atoms with Gasteiger partial charge >= 0.3 is 0 Å². The Balaban J connectivity index is 1.81. The number of benzene rings is 2. The third kappa shape index (κ3) is 2.73. The van der Waals surface area contributed by atoms with Crippen molar-refractivity contribution in [2.45, 2.75) is 18.5 Å². The lowest BCUT2D eigenvalue weighted by Gasteiger charge is -2.31. The quantitative estimate of drug-likeness (QED) is 0.901. The second-order valence-corrected chi connectivity index (χ2v) is 5.62. The summed E-state index contributed by atoms with van der Waals surface area (Å²) in [6.07, 6.45) is 1.94. The maximum absolute atomic E-state index is 6.26. The molecule has 1 heterocycles. The first kappa shape index (κ1) is 13.6. The molecule has 3 rings (SSSR count). The molecule has 2 N–H and O–H groups in total. The van der Waals surface area contributed by atoms with Gasteiger partial charge in [-0.25, -0.2) is 0 Å². The van der Waals surface area contributed by atoms with Gasteiger partial charge in [0.2, 0.25) is 0 Å². The highest BCUT2D eigenvalue weighted by atomic mass is 35.5. The van der Waals surface area contributed by atoms with Crippen LogP contribution in [0.3, 0.4) is 0 Å². The Bertz CT molecular complexity index is 562. The van der Waals surface area contributed by atoms with Crippen LogP contribution >= 0.6 is 11.6 Å². The highest BCUT2D eigenvalue weighted by Crippen LogP contribution is 2.28. The van der Waals surface area contributed by atoms with Crippen molar-refractivity contribution >= 4 is 11.6 Å². The molecule has 20 heavy (non-hydrogen) atoms. The molecule has 2 aromatic rings. The Kier molecular flexibility index (Phi) is 4.06. The van der Waals surface area contributed by atoms with Gasteiger partial charge in [0.15, 0.2) is 0 Å². The summed E-state index contributed by atoms with van der Waals surface area (Å²) in [6, 6.07) is 18.7. The third-order valence-electron chi connectivity index (χ3n) is 3.97. The zero-order valence-electron chi connectivity index (χ0n) is 11.4. The Morgan fingerprint density at radius 3 is 2.25 bits per heavy atom. The number of halogens is 1. The predicted octanol–water partition coefficient (Wildman–Crippen LogP) is 3.32. The van der Waals surface area contributed by atoms with Crippen LogP contribution in [0.2, 0.25) is 5.02 Å². The fraction of sp³-hybridized carbons (Fsp3) is 0.294. The molecule has 0 aliphatic carbocycles. The van der Waals surface area contributed by atoms with Crippen LogP contribution in [0.1, 0.15) is 17.5 Å². The standard InChI is InChI=1S/C17H19ClN2/c18-16-9-5-4-6-14(16)10-11-17(19-12-13-20-17)15-7-2-1-3-8-15/h1-9,19-20H,10-13H2. The van der Waals surface area contributed by atoms with E-state index in [4.69, 9.17) is 11.6 Å². The van der Waals surface area contributed by atoms with Gasteiger partial charge in [0.1, 0.15) is 0 Å². The lowest BCUT2D eigenvalue weighted by atomic mass is 9.93. The van der Waals surface area contributed by atoms with Crippen LogP contribution < -0.4 is 10.6 Å². The zero-order valence-corrected chi connectivity index (χ0v) is 12.2. The summed E-state index contributed by atoms with van der Waals surface area (Å²) in [4.78, 5) is 0. The Labute approximate surface area is 125 Å². The average Bonchev–Trinajstić information content (AvgIpc) is 2.98. The van der Waals surface area contributed by atoms with E-state index in [1.807, 2.05) is 18.2 Å². The fourth-order valence-electron chi connectivity index (χ4n) is 2.89. The molecule has 0 aromatic heterocycles. The molecule has 1 aliphatic heterocycles. The second kappa shape index (κ2) is 5.96. The van der Waals surface area contributed by atoms with Gasteiger partial charge in [0.25, 0.3) is 0 Å². The number of hydrogen-bond donors (Lipinski definition) is 2. The van der Waals surface area contributed by atoms with E-state index in [0.29, 0.717) is 0 Å².